The lowest BCUT2D eigenvalue weighted by atomic mass is 10.2. The second-order valence-corrected chi connectivity index (χ2v) is 6.46. The molecule has 0 bridgehead atoms. The maximum atomic E-state index is 11.2. The van der Waals surface area contributed by atoms with E-state index in [1.807, 2.05) is 0 Å². The maximum Gasteiger partial charge on any atom is 0.261 e. The molecule has 0 aliphatic rings. The van der Waals surface area contributed by atoms with Crippen molar-refractivity contribution < 1.29 is 13.2 Å². The molecule has 0 aliphatic carbocycles. The molecule has 0 aromatic heterocycles. The van der Waals surface area contributed by atoms with Gasteiger partial charge in [0.1, 0.15) is 5.75 Å². The van der Waals surface area contributed by atoms with Gasteiger partial charge in [0.05, 0.1) is 11.0 Å². The van der Waals surface area contributed by atoms with E-state index in [1.165, 1.54) is 6.07 Å². The molecule has 1 aromatic rings. The molecular formula is C12H17ClO3S. The Hall–Kier alpha value is -0.740. The van der Waals surface area contributed by atoms with Crippen LogP contribution in [0.15, 0.2) is 23.1 Å². The summed E-state index contributed by atoms with van der Waals surface area (Å²) in [6.45, 7) is 5.81. The van der Waals surface area contributed by atoms with Crippen LogP contribution in [0.3, 0.4) is 0 Å². The number of rotatable bonds is 5. The quantitative estimate of drug-likeness (QED) is 0.773. The van der Waals surface area contributed by atoms with Crippen LogP contribution in [0.2, 0.25) is 0 Å². The maximum absolute atomic E-state index is 11.2. The predicted molar refractivity (Wildman–Crippen MR) is 69.2 cm³/mol. The number of halogens is 1. The van der Waals surface area contributed by atoms with Gasteiger partial charge in [-0.1, -0.05) is 13.8 Å². The van der Waals surface area contributed by atoms with Crippen LogP contribution in [0.4, 0.5) is 0 Å². The van der Waals surface area contributed by atoms with E-state index >= 15 is 0 Å². The van der Waals surface area contributed by atoms with Gasteiger partial charge in [-0.05, 0) is 43.5 Å². The Morgan fingerprint density at radius 3 is 2.29 bits per heavy atom. The summed E-state index contributed by atoms with van der Waals surface area (Å²) in [5.41, 5.74) is 0.600. The number of hydrogen-bond acceptors (Lipinski definition) is 3. The Bertz CT molecular complexity index is 479. The van der Waals surface area contributed by atoms with Crippen LogP contribution in [0.5, 0.6) is 5.75 Å². The monoisotopic (exact) mass is 276 g/mol. The molecule has 0 atom stereocenters. The predicted octanol–water partition coefficient (Wildman–Crippen LogP) is 3.49. The first kappa shape index (κ1) is 14.3. The zero-order valence-corrected chi connectivity index (χ0v) is 11.8. The molecule has 0 saturated heterocycles. The molecule has 1 rings (SSSR count). The number of benzene rings is 1. The first-order valence-corrected chi connectivity index (χ1v) is 7.91. The highest BCUT2D eigenvalue weighted by Crippen LogP contribution is 2.25. The lowest BCUT2D eigenvalue weighted by molar-refractivity contribution is 0.192. The molecule has 0 amide bonds. The molecule has 17 heavy (non-hydrogen) atoms. The van der Waals surface area contributed by atoms with Gasteiger partial charge in [0.15, 0.2) is 0 Å². The molecule has 0 N–H and O–H groups in total. The standard InChI is InChI=1S/C12H17ClO3S/c1-4-10(5-2)16-11-6-7-12(9(3)8-11)17(13,14)15/h6-8,10H,4-5H2,1-3H3. The third kappa shape index (κ3) is 3.89. The fourth-order valence-corrected chi connectivity index (χ4v) is 2.81. The second-order valence-electron chi connectivity index (χ2n) is 3.92. The van der Waals surface area contributed by atoms with E-state index in [1.54, 1.807) is 19.1 Å². The lowest BCUT2D eigenvalue weighted by Crippen LogP contribution is -2.13. The van der Waals surface area contributed by atoms with Gasteiger partial charge in [0.2, 0.25) is 0 Å². The lowest BCUT2D eigenvalue weighted by Gasteiger charge is -2.16. The summed E-state index contributed by atoms with van der Waals surface area (Å²) < 4.78 is 28.2. The summed E-state index contributed by atoms with van der Waals surface area (Å²) in [5.74, 6) is 0.681. The summed E-state index contributed by atoms with van der Waals surface area (Å²) in [6, 6.07) is 4.82. The molecule has 0 radical (unpaired) electrons. The van der Waals surface area contributed by atoms with Crippen LogP contribution < -0.4 is 4.74 Å². The molecule has 3 nitrogen and oxygen atoms in total. The summed E-state index contributed by atoms with van der Waals surface area (Å²) in [4.78, 5) is 0.135. The first-order valence-electron chi connectivity index (χ1n) is 5.60. The van der Waals surface area contributed by atoms with Crippen molar-refractivity contribution in [1.29, 1.82) is 0 Å². The highest BCUT2D eigenvalue weighted by molar-refractivity contribution is 8.13. The molecular weight excluding hydrogens is 260 g/mol. The highest BCUT2D eigenvalue weighted by atomic mass is 35.7. The van der Waals surface area contributed by atoms with Crippen molar-refractivity contribution in [2.45, 2.75) is 44.6 Å². The fraction of sp³-hybridized carbons (Fsp3) is 0.500. The molecule has 0 aliphatic heterocycles. The molecule has 0 saturated carbocycles. The van der Waals surface area contributed by atoms with Crippen LogP contribution in [0, 0.1) is 6.92 Å². The molecule has 0 spiro atoms. The van der Waals surface area contributed by atoms with Crippen LogP contribution in [0.1, 0.15) is 32.3 Å². The van der Waals surface area contributed by atoms with E-state index in [9.17, 15) is 8.42 Å². The van der Waals surface area contributed by atoms with Crippen LogP contribution in [0.25, 0.3) is 0 Å². The van der Waals surface area contributed by atoms with Gasteiger partial charge < -0.3 is 4.74 Å². The smallest absolute Gasteiger partial charge is 0.261 e. The van der Waals surface area contributed by atoms with Gasteiger partial charge in [-0.2, -0.15) is 0 Å². The van der Waals surface area contributed by atoms with E-state index < -0.39 is 9.05 Å². The van der Waals surface area contributed by atoms with Crippen molar-refractivity contribution in [3.63, 3.8) is 0 Å². The largest absolute Gasteiger partial charge is 0.490 e. The average molecular weight is 277 g/mol. The zero-order valence-electron chi connectivity index (χ0n) is 10.2. The molecule has 0 fully saturated rings. The summed E-state index contributed by atoms with van der Waals surface area (Å²) in [5, 5.41) is 0. The van der Waals surface area contributed by atoms with Crippen LogP contribution in [-0.2, 0) is 9.05 Å². The van der Waals surface area contributed by atoms with Gasteiger partial charge in [0, 0.05) is 10.7 Å². The molecule has 5 heteroatoms. The van der Waals surface area contributed by atoms with E-state index in [-0.39, 0.29) is 11.0 Å². The Kier molecular flexibility index (Phi) is 4.83. The van der Waals surface area contributed by atoms with Crippen molar-refractivity contribution in [3.05, 3.63) is 23.8 Å². The van der Waals surface area contributed by atoms with Crippen LogP contribution in [-0.4, -0.2) is 14.5 Å². The number of ether oxygens (including phenoxy) is 1. The number of hydrogen-bond donors (Lipinski definition) is 0. The Morgan fingerprint density at radius 2 is 1.88 bits per heavy atom. The second kappa shape index (κ2) is 5.74. The summed E-state index contributed by atoms with van der Waals surface area (Å²) in [7, 11) is 1.63. The first-order chi connectivity index (χ1) is 7.88. The molecule has 0 heterocycles. The SMILES string of the molecule is CCC(CC)Oc1ccc(S(=O)(=O)Cl)c(C)c1. The Labute approximate surface area is 107 Å². The van der Waals surface area contributed by atoms with Gasteiger partial charge in [0.25, 0.3) is 9.05 Å². The third-order valence-corrected chi connectivity index (χ3v) is 4.10. The van der Waals surface area contributed by atoms with Gasteiger partial charge in [-0.15, -0.1) is 0 Å². The van der Waals surface area contributed by atoms with E-state index in [0.717, 1.165) is 12.8 Å². The number of aryl methyl sites for hydroxylation is 1. The summed E-state index contributed by atoms with van der Waals surface area (Å²) >= 11 is 0. The van der Waals surface area contributed by atoms with Crippen molar-refractivity contribution in [1.82, 2.24) is 0 Å². The van der Waals surface area contributed by atoms with Crippen molar-refractivity contribution >= 4 is 19.7 Å². The minimum Gasteiger partial charge on any atom is -0.490 e. The Balaban J connectivity index is 2.97. The highest BCUT2D eigenvalue weighted by Gasteiger charge is 2.14. The van der Waals surface area contributed by atoms with Crippen LogP contribution >= 0.6 is 10.7 Å². The van der Waals surface area contributed by atoms with E-state index in [4.69, 9.17) is 15.4 Å². The van der Waals surface area contributed by atoms with Crippen molar-refractivity contribution in [2.24, 2.45) is 0 Å². The normalized spacial score (nSPS) is 11.8. The molecule has 0 unspecified atom stereocenters. The minimum atomic E-state index is -3.67. The van der Waals surface area contributed by atoms with Gasteiger partial charge in [-0.25, -0.2) is 8.42 Å². The van der Waals surface area contributed by atoms with Gasteiger partial charge in [-0.3, -0.25) is 0 Å². The fourth-order valence-electron chi connectivity index (χ4n) is 1.62. The summed E-state index contributed by atoms with van der Waals surface area (Å²) in [6.07, 6.45) is 2.00. The minimum absolute atomic E-state index is 0.135. The Morgan fingerprint density at radius 1 is 1.29 bits per heavy atom. The van der Waals surface area contributed by atoms with E-state index in [2.05, 4.69) is 13.8 Å². The van der Waals surface area contributed by atoms with E-state index in [0.29, 0.717) is 11.3 Å². The topological polar surface area (TPSA) is 43.4 Å². The zero-order chi connectivity index (χ0) is 13.1. The molecule has 96 valence electrons. The van der Waals surface area contributed by atoms with Gasteiger partial charge >= 0.3 is 0 Å². The average Bonchev–Trinajstić information content (AvgIpc) is 2.24. The molecule has 1 aromatic carbocycles. The third-order valence-electron chi connectivity index (χ3n) is 2.62. The van der Waals surface area contributed by atoms with Crippen molar-refractivity contribution in [3.8, 4) is 5.75 Å². The van der Waals surface area contributed by atoms with Crippen molar-refractivity contribution in [2.75, 3.05) is 0 Å².